The number of nitrogens with two attached hydrogens (primary N) is 1. The Hall–Kier alpha value is -0.170. The predicted molar refractivity (Wildman–Crippen MR) is 46.8 cm³/mol. The first kappa shape index (κ1) is 9.91. The maximum Gasteiger partial charge on any atom is 0.276 e. The first-order valence-electron chi connectivity index (χ1n) is 3.99. The molecule has 0 amide bonds. The lowest BCUT2D eigenvalue weighted by Gasteiger charge is -2.29. The second-order valence-corrected chi connectivity index (χ2v) is 4.55. The fourth-order valence-corrected chi connectivity index (χ4v) is 2.12. The van der Waals surface area contributed by atoms with Gasteiger partial charge in [0.15, 0.2) is 0 Å². The zero-order valence-corrected chi connectivity index (χ0v) is 7.97. The van der Waals surface area contributed by atoms with E-state index in [4.69, 9.17) is 5.14 Å². The van der Waals surface area contributed by atoms with Crippen molar-refractivity contribution in [3.05, 3.63) is 0 Å². The summed E-state index contributed by atoms with van der Waals surface area (Å²) in [4.78, 5) is 0. The van der Waals surface area contributed by atoms with Gasteiger partial charge in [-0.3, -0.25) is 0 Å². The lowest BCUT2D eigenvalue weighted by atomic mass is 10.1. The molecular formula is C6H15N3O2S. The largest absolute Gasteiger partial charge is 0.317 e. The van der Waals surface area contributed by atoms with Gasteiger partial charge >= 0.3 is 0 Å². The van der Waals surface area contributed by atoms with Gasteiger partial charge in [0.1, 0.15) is 0 Å². The number of rotatable bonds is 2. The Bertz CT molecular complexity index is 231. The van der Waals surface area contributed by atoms with Crippen molar-refractivity contribution in [2.45, 2.75) is 18.9 Å². The van der Waals surface area contributed by atoms with E-state index in [0.717, 1.165) is 12.8 Å². The lowest BCUT2D eigenvalue weighted by molar-refractivity contribution is 0.299. The molecular weight excluding hydrogens is 178 g/mol. The molecule has 0 unspecified atom stereocenters. The van der Waals surface area contributed by atoms with Gasteiger partial charge in [0.05, 0.1) is 0 Å². The van der Waals surface area contributed by atoms with Crippen molar-refractivity contribution in [1.29, 1.82) is 0 Å². The van der Waals surface area contributed by atoms with Crippen molar-refractivity contribution in [1.82, 2.24) is 9.62 Å². The molecule has 0 aromatic heterocycles. The van der Waals surface area contributed by atoms with Crippen LogP contribution in [0, 0.1) is 0 Å². The predicted octanol–water partition coefficient (Wildman–Crippen LogP) is -1.13. The molecule has 6 heteroatoms. The van der Waals surface area contributed by atoms with Crippen molar-refractivity contribution < 1.29 is 8.42 Å². The van der Waals surface area contributed by atoms with E-state index < -0.39 is 10.2 Å². The Morgan fingerprint density at radius 3 is 2.25 bits per heavy atom. The van der Waals surface area contributed by atoms with Crippen molar-refractivity contribution in [2.75, 3.05) is 20.1 Å². The highest BCUT2D eigenvalue weighted by atomic mass is 32.2. The molecule has 0 aliphatic carbocycles. The van der Waals surface area contributed by atoms with Crippen LogP contribution in [0.2, 0.25) is 0 Å². The summed E-state index contributed by atoms with van der Waals surface area (Å²) in [6, 6.07) is 0.433. The Kier molecular flexibility index (Phi) is 3.05. The van der Waals surface area contributed by atoms with Gasteiger partial charge in [-0.25, -0.2) is 5.14 Å². The van der Waals surface area contributed by atoms with Crippen molar-refractivity contribution >= 4 is 10.2 Å². The van der Waals surface area contributed by atoms with Crippen LogP contribution in [0.4, 0.5) is 0 Å². The zero-order chi connectivity index (χ0) is 9.19. The summed E-state index contributed by atoms with van der Waals surface area (Å²) < 4.78 is 23.0. The Balaban J connectivity index is 2.47. The Labute approximate surface area is 73.1 Å². The van der Waals surface area contributed by atoms with Crippen LogP contribution < -0.4 is 10.5 Å². The smallest absolute Gasteiger partial charge is 0.276 e. The summed E-state index contributed by atoms with van der Waals surface area (Å²) in [5, 5.41) is 8.09. The highest BCUT2D eigenvalue weighted by Gasteiger charge is 2.23. The number of hydrogen-bond donors (Lipinski definition) is 2. The minimum absolute atomic E-state index is 0.433. The van der Waals surface area contributed by atoms with Crippen LogP contribution in [0.3, 0.4) is 0 Å². The first-order valence-corrected chi connectivity index (χ1v) is 5.49. The molecule has 0 saturated carbocycles. The van der Waals surface area contributed by atoms with E-state index in [1.54, 1.807) is 0 Å². The summed E-state index contributed by atoms with van der Waals surface area (Å²) in [6.07, 6.45) is 1.68. The molecule has 1 fully saturated rings. The average molecular weight is 193 g/mol. The highest BCUT2D eigenvalue weighted by Crippen LogP contribution is 2.11. The van der Waals surface area contributed by atoms with Crippen LogP contribution in [0.1, 0.15) is 12.8 Å². The van der Waals surface area contributed by atoms with Crippen LogP contribution in [-0.4, -0.2) is 38.9 Å². The lowest BCUT2D eigenvalue weighted by Crippen LogP contribution is -2.46. The fourth-order valence-electron chi connectivity index (χ4n) is 1.40. The molecule has 0 aromatic rings. The molecule has 0 radical (unpaired) electrons. The molecule has 1 aliphatic heterocycles. The summed E-state index contributed by atoms with van der Waals surface area (Å²) in [5.41, 5.74) is 0. The van der Waals surface area contributed by atoms with E-state index in [2.05, 4.69) is 5.32 Å². The van der Waals surface area contributed by atoms with Gasteiger partial charge in [0.25, 0.3) is 10.2 Å². The minimum Gasteiger partial charge on any atom is -0.317 e. The molecule has 0 aromatic carbocycles. The van der Waals surface area contributed by atoms with E-state index >= 15 is 0 Å². The summed E-state index contributed by atoms with van der Waals surface area (Å²) >= 11 is 0. The SMILES string of the molecule is CNC1CCN(S(N)(=O)=O)CC1. The number of hydrogen-bond acceptors (Lipinski definition) is 3. The van der Waals surface area contributed by atoms with E-state index in [9.17, 15) is 8.42 Å². The molecule has 0 bridgehead atoms. The third kappa shape index (κ3) is 2.41. The molecule has 1 saturated heterocycles. The van der Waals surface area contributed by atoms with E-state index in [1.807, 2.05) is 7.05 Å². The Morgan fingerprint density at radius 1 is 1.42 bits per heavy atom. The third-order valence-corrected chi connectivity index (χ3v) is 3.31. The van der Waals surface area contributed by atoms with Gasteiger partial charge in [0.2, 0.25) is 0 Å². The van der Waals surface area contributed by atoms with Gasteiger partial charge in [-0.2, -0.15) is 12.7 Å². The second kappa shape index (κ2) is 3.69. The standard InChI is InChI=1S/C6H15N3O2S/c1-8-6-2-4-9(5-3-6)12(7,10)11/h6,8H,2-5H2,1H3,(H2,7,10,11). The molecule has 1 aliphatic rings. The topological polar surface area (TPSA) is 75.4 Å². The molecule has 1 heterocycles. The second-order valence-electron chi connectivity index (χ2n) is 3.01. The van der Waals surface area contributed by atoms with E-state index in [0.29, 0.717) is 19.1 Å². The van der Waals surface area contributed by atoms with Gasteiger partial charge in [0, 0.05) is 19.1 Å². The van der Waals surface area contributed by atoms with E-state index in [-0.39, 0.29) is 0 Å². The van der Waals surface area contributed by atoms with Gasteiger partial charge in [-0.05, 0) is 19.9 Å². The van der Waals surface area contributed by atoms with Crippen LogP contribution in [0.15, 0.2) is 0 Å². The summed E-state index contributed by atoms with van der Waals surface area (Å²) in [6.45, 7) is 1.06. The monoisotopic (exact) mass is 193 g/mol. The highest BCUT2D eigenvalue weighted by molar-refractivity contribution is 7.86. The summed E-state index contributed by atoms with van der Waals surface area (Å²) in [5.74, 6) is 0. The number of nitrogens with one attached hydrogen (secondary N) is 1. The molecule has 5 nitrogen and oxygen atoms in total. The fraction of sp³-hybridized carbons (Fsp3) is 1.00. The van der Waals surface area contributed by atoms with Crippen LogP contribution in [-0.2, 0) is 10.2 Å². The third-order valence-electron chi connectivity index (χ3n) is 2.22. The van der Waals surface area contributed by atoms with Crippen molar-refractivity contribution in [3.8, 4) is 0 Å². The number of piperidine rings is 1. The van der Waals surface area contributed by atoms with Crippen LogP contribution in [0.25, 0.3) is 0 Å². The maximum atomic E-state index is 10.9. The molecule has 1 rings (SSSR count). The molecule has 0 atom stereocenters. The minimum atomic E-state index is -3.45. The van der Waals surface area contributed by atoms with Gasteiger partial charge in [-0.15, -0.1) is 0 Å². The Morgan fingerprint density at radius 2 is 1.92 bits per heavy atom. The van der Waals surface area contributed by atoms with Crippen LogP contribution in [0.5, 0.6) is 0 Å². The van der Waals surface area contributed by atoms with Gasteiger partial charge in [-0.1, -0.05) is 0 Å². The van der Waals surface area contributed by atoms with Crippen molar-refractivity contribution in [2.24, 2.45) is 5.14 Å². The van der Waals surface area contributed by atoms with E-state index in [1.165, 1.54) is 4.31 Å². The zero-order valence-electron chi connectivity index (χ0n) is 7.16. The van der Waals surface area contributed by atoms with Crippen LogP contribution >= 0.6 is 0 Å². The first-order chi connectivity index (χ1) is 5.54. The maximum absolute atomic E-state index is 10.9. The summed E-state index contributed by atoms with van der Waals surface area (Å²) in [7, 11) is -1.57. The molecule has 12 heavy (non-hydrogen) atoms. The normalized spacial score (nSPS) is 22.8. The molecule has 72 valence electrons. The van der Waals surface area contributed by atoms with Gasteiger partial charge < -0.3 is 5.32 Å². The molecule has 0 spiro atoms. The number of nitrogens with zero attached hydrogens (tertiary/aromatic N) is 1. The van der Waals surface area contributed by atoms with Crippen molar-refractivity contribution in [3.63, 3.8) is 0 Å². The average Bonchev–Trinajstić information content (AvgIpc) is 2.03. The molecule has 3 N–H and O–H groups in total. The quantitative estimate of drug-likeness (QED) is 0.583.